The lowest BCUT2D eigenvalue weighted by molar-refractivity contribution is 1.21. The summed E-state index contributed by atoms with van der Waals surface area (Å²) in [6.45, 7) is 17.2. The van der Waals surface area contributed by atoms with Crippen LogP contribution in [0.25, 0.3) is 0 Å². The molecule has 0 N–H and O–H groups in total. The minimum Gasteiger partial charge on any atom is -0.311 e. The van der Waals surface area contributed by atoms with Crippen molar-refractivity contribution in [1.29, 1.82) is 0 Å². The van der Waals surface area contributed by atoms with E-state index in [1.165, 1.54) is 83.6 Å². The van der Waals surface area contributed by atoms with E-state index in [1.807, 2.05) is 12.1 Å². The highest BCUT2D eigenvalue weighted by atomic mass is 35.5. The molecule has 9 heteroatoms. The molecule has 6 nitrogen and oxygen atoms in total. The minimum absolute atomic E-state index is 0. The molecule has 2 aliphatic heterocycles. The van der Waals surface area contributed by atoms with E-state index in [9.17, 15) is 0 Å². The summed E-state index contributed by atoms with van der Waals surface area (Å²) in [5, 5.41) is 0.635. The molecule has 0 unspecified atom stereocenters. The lowest BCUT2D eigenvalue weighted by Gasteiger charge is -2.45. The van der Waals surface area contributed by atoms with Crippen molar-refractivity contribution in [2.24, 2.45) is 0 Å². The Kier molecular flexibility index (Phi) is 20.0. The molecule has 0 amide bonds. The highest BCUT2D eigenvalue weighted by Gasteiger charge is 2.44. The second-order valence-corrected chi connectivity index (χ2v) is 27.0. The Labute approximate surface area is 610 Å². The maximum atomic E-state index is 7.77. The summed E-state index contributed by atoms with van der Waals surface area (Å²) in [7, 11) is 0. The fourth-order valence-electron chi connectivity index (χ4n) is 14.1. The summed E-state index contributed by atoms with van der Waals surface area (Å²) in [5.74, 6) is 0. The number of anilines is 18. The molecule has 0 spiro atoms. The first-order valence-corrected chi connectivity index (χ1v) is 34.8. The Morgan fingerprint density at radius 3 is 0.912 bits per heavy atom. The van der Waals surface area contributed by atoms with Crippen LogP contribution in [0.1, 0.15) is 51.9 Å². The first kappa shape index (κ1) is 68.8. The number of rotatable bonds is 14. The summed E-state index contributed by atoms with van der Waals surface area (Å²) in [4.78, 5) is 14.2. The van der Waals surface area contributed by atoms with Gasteiger partial charge < -0.3 is 29.4 Å². The zero-order chi connectivity index (χ0) is 68.5. The SMILES string of the molecule is C.Cc1ccc(N(c2ccc(C)cc2)c2cc(N(c3ccccc3)c3ccccc3)c(Cl)c(N(c3ccc(C)cc3)c3ccc(C)cc3)c2)cc1.Cc1ccc(N(c2ccc(C)cc2)c2cc3c4c(c2)N(c2ccc(C)cc2)c2ccc(C)cc2B4c2ccccc2N3c2ccccc2)cc1.[B]. The fourth-order valence-corrected chi connectivity index (χ4v) is 14.4. The van der Waals surface area contributed by atoms with Gasteiger partial charge in [0.15, 0.2) is 0 Å². The summed E-state index contributed by atoms with van der Waals surface area (Å²) in [6, 6.07) is 118. The second kappa shape index (κ2) is 29.6. The number of fused-ring (bicyclic) bond motifs is 4. The number of hydrogen-bond acceptors (Lipinski definition) is 6. The van der Waals surface area contributed by atoms with Gasteiger partial charge in [0.05, 0.1) is 27.8 Å². The normalized spacial score (nSPS) is 11.6. The minimum atomic E-state index is 0. The monoisotopic (exact) mass is 1340 g/mol. The third-order valence-electron chi connectivity index (χ3n) is 19.2. The predicted molar refractivity (Wildman–Crippen MR) is 441 cm³/mol. The van der Waals surface area contributed by atoms with Crippen molar-refractivity contribution >= 4 is 145 Å². The van der Waals surface area contributed by atoms with Crippen molar-refractivity contribution in [1.82, 2.24) is 0 Å². The maximum Gasteiger partial charge on any atom is 0.252 e. The van der Waals surface area contributed by atoms with Crippen LogP contribution in [0.2, 0.25) is 5.02 Å². The lowest BCUT2D eigenvalue weighted by atomic mass is 9.33. The van der Waals surface area contributed by atoms with Crippen molar-refractivity contribution in [2.45, 2.75) is 62.8 Å². The van der Waals surface area contributed by atoms with E-state index in [2.05, 4.69) is 400 Å². The predicted octanol–water partition coefficient (Wildman–Crippen LogP) is 24.7. The van der Waals surface area contributed by atoms with Gasteiger partial charge in [-0.25, -0.2) is 0 Å². The van der Waals surface area contributed by atoms with Gasteiger partial charge in [-0.05, 0) is 230 Å². The lowest BCUT2D eigenvalue weighted by Crippen LogP contribution is -2.61. The van der Waals surface area contributed by atoms with Crippen LogP contribution in [-0.2, 0) is 0 Å². The molecular weight excluding hydrogens is 1260 g/mol. The van der Waals surface area contributed by atoms with Crippen LogP contribution in [0, 0.1) is 55.4 Å². The smallest absolute Gasteiger partial charge is 0.252 e. The zero-order valence-electron chi connectivity index (χ0n) is 58.4. The molecule has 0 aromatic heterocycles. The second-order valence-electron chi connectivity index (χ2n) is 26.6. The van der Waals surface area contributed by atoms with Crippen LogP contribution in [0.5, 0.6) is 0 Å². The van der Waals surface area contributed by atoms with E-state index in [0.717, 1.165) is 79.6 Å². The quantitative estimate of drug-likeness (QED) is 0.100. The summed E-state index contributed by atoms with van der Waals surface area (Å²) in [6.07, 6.45) is 0. The van der Waals surface area contributed by atoms with Crippen LogP contribution in [0.4, 0.5) is 102 Å². The number of aryl methyl sites for hydroxylation is 8. The number of nitrogens with zero attached hydrogens (tertiary/aromatic N) is 6. The van der Waals surface area contributed by atoms with Gasteiger partial charge in [-0.3, -0.25) is 0 Å². The average molecular weight is 1340 g/mol. The van der Waals surface area contributed by atoms with E-state index in [4.69, 9.17) is 11.6 Å². The van der Waals surface area contributed by atoms with Crippen molar-refractivity contribution in [2.75, 3.05) is 29.4 Å². The van der Waals surface area contributed by atoms with Gasteiger partial charge in [0.2, 0.25) is 0 Å². The van der Waals surface area contributed by atoms with Gasteiger partial charge in [-0.1, -0.05) is 233 Å². The van der Waals surface area contributed by atoms with Crippen LogP contribution in [-0.4, -0.2) is 15.1 Å². The molecule has 2 heterocycles. The van der Waals surface area contributed by atoms with Crippen LogP contribution in [0.3, 0.4) is 0 Å². The summed E-state index contributed by atoms with van der Waals surface area (Å²) >= 11 is 7.77. The number of para-hydroxylation sites is 4. The molecule has 102 heavy (non-hydrogen) atoms. The van der Waals surface area contributed by atoms with E-state index >= 15 is 0 Å². The molecule has 3 radical (unpaired) electrons. The number of benzene rings is 14. The van der Waals surface area contributed by atoms with Crippen molar-refractivity contribution in [3.63, 3.8) is 0 Å². The molecule has 0 bridgehead atoms. The van der Waals surface area contributed by atoms with E-state index in [-0.39, 0.29) is 22.6 Å². The topological polar surface area (TPSA) is 19.4 Å². The maximum absolute atomic E-state index is 7.77. The first-order valence-electron chi connectivity index (χ1n) is 34.4. The highest BCUT2D eigenvalue weighted by molar-refractivity contribution is 7.00. The fraction of sp³-hybridized carbons (Fsp3) is 0.0968. The molecule has 0 saturated carbocycles. The highest BCUT2D eigenvalue weighted by Crippen LogP contribution is 2.52. The molecule has 0 fully saturated rings. The Hall–Kier alpha value is -11.7. The Bertz CT molecular complexity index is 4940. The van der Waals surface area contributed by atoms with Gasteiger partial charge >= 0.3 is 0 Å². The van der Waals surface area contributed by atoms with Crippen LogP contribution >= 0.6 is 11.6 Å². The Balaban J connectivity index is 0.000000179. The average Bonchev–Trinajstić information content (AvgIpc) is 0.701. The molecule has 14 aromatic carbocycles. The molecule has 16 rings (SSSR count). The standard InChI is InChI=1S/C46H38BN3.C46H40ClN3.CH4.B/c1-31-14-21-36(22-15-31)48(37-23-16-32(2)17-24-37)39-29-44-46-45(30-39)50(38-25-18-33(3)19-26-38)43-27-20-34(4)28-41(43)47(46)40-12-8-9-13-42(40)49(44)35-10-6-5-7-11-35;1-33-15-23-39(24-16-33)48(40-25-17-34(2)18-26-40)43-31-44(49(37-11-7-5-8-12-37)38-13-9-6-10-14-38)46(47)45(32-43)50(41-27-19-35(3)20-28-41)42-29-21-36(4)22-30-42;;/h5-30H,1-4H3;5-32H,1-4H3;1H4;. The molecular formula is C93H82B2ClN6. The van der Waals surface area contributed by atoms with E-state index < -0.39 is 0 Å². The van der Waals surface area contributed by atoms with Crippen LogP contribution in [0.15, 0.2) is 328 Å². The van der Waals surface area contributed by atoms with Gasteiger partial charge in [-0.2, -0.15) is 0 Å². The first-order chi connectivity index (χ1) is 48.8. The molecule has 0 aliphatic carbocycles. The summed E-state index contributed by atoms with van der Waals surface area (Å²) < 4.78 is 0. The van der Waals surface area contributed by atoms with E-state index in [1.54, 1.807) is 0 Å². The van der Waals surface area contributed by atoms with Crippen molar-refractivity contribution in [3.05, 3.63) is 377 Å². The Morgan fingerprint density at radius 1 is 0.245 bits per heavy atom. The van der Waals surface area contributed by atoms with Gasteiger partial charge in [-0.15, -0.1) is 0 Å². The third kappa shape index (κ3) is 13.6. The van der Waals surface area contributed by atoms with Gasteiger partial charge in [0.1, 0.15) is 0 Å². The van der Waals surface area contributed by atoms with Gasteiger partial charge in [0.25, 0.3) is 6.71 Å². The zero-order valence-corrected chi connectivity index (χ0v) is 59.1. The number of hydrogen-bond donors (Lipinski definition) is 0. The third-order valence-corrected chi connectivity index (χ3v) is 19.6. The molecule has 14 aromatic rings. The molecule has 2 aliphatic rings. The summed E-state index contributed by atoms with van der Waals surface area (Å²) in [5.41, 5.74) is 33.2. The van der Waals surface area contributed by atoms with E-state index in [0.29, 0.717) is 5.02 Å². The van der Waals surface area contributed by atoms with Crippen molar-refractivity contribution < 1.29 is 0 Å². The largest absolute Gasteiger partial charge is 0.311 e. The molecule has 497 valence electrons. The Morgan fingerprint density at radius 2 is 0.529 bits per heavy atom. The van der Waals surface area contributed by atoms with Crippen LogP contribution < -0.4 is 45.8 Å². The van der Waals surface area contributed by atoms with Crippen molar-refractivity contribution in [3.8, 4) is 0 Å². The molecule has 0 atom stereocenters. The number of halogens is 1. The van der Waals surface area contributed by atoms with Gasteiger partial charge in [0, 0.05) is 88.0 Å². The molecule has 0 saturated heterocycles.